The van der Waals surface area contributed by atoms with Gasteiger partial charge in [-0.15, -0.1) is 0 Å². The second-order valence-corrected chi connectivity index (χ2v) is 8.06. The van der Waals surface area contributed by atoms with E-state index in [1.807, 2.05) is 18.2 Å². The number of fused-ring (bicyclic) bond motifs is 2. The van der Waals surface area contributed by atoms with Crippen molar-refractivity contribution >= 4 is 44.5 Å². The molecule has 0 saturated heterocycles. The monoisotopic (exact) mass is 449 g/mol. The highest BCUT2D eigenvalue weighted by Crippen LogP contribution is 2.43. The third-order valence-electron chi connectivity index (χ3n) is 4.37. The fourth-order valence-corrected chi connectivity index (χ4v) is 4.53. The Morgan fingerprint density at radius 2 is 2.00 bits per heavy atom. The van der Waals surface area contributed by atoms with E-state index in [-0.39, 0.29) is 6.79 Å². The normalized spacial score (nSPS) is 12.8. The molecule has 142 valence electrons. The van der Waals surface area contributed by atoms with Crippen molar-refractivity contribution in [3.05, 3.63) is 28.9 Å². The molecule has 0 aliphatic carbocycles. The number of aromatic nitrogens is 3. The van der Waals surface area contributed by atoms with Crippen LogP contribution in [0.2, 0.25) is 0 Å². The maximum absolute atomic E-state index is 6.05. The molecule has 4 rings (SSSR count). The van der Waals surface area contributed by atoms with Gasteiger partial charge >= 0.3 is 0 Å². The fraction of sp³-hybridized carbons (Fsp3) is 0.333. The zero-order valence-electron chi connectivity index (χ0n) is 14.7. The van der Waals surface area contributed by atoms with Gasteiger partial charge in [-0.25, -0.2) is 9.97 Å². The molecule has 4 N–H and O–H groups in total. The molecule has 0 unspecified atom stereocenters. The van der Waals surface area contributed by atoms with Crippen LogP contribution in [0.3, 0.4) is 0 Å². The van der Waals surface area contributed by atoms with E-state index in [1.165, 1.54) is 0 Å². The van der Waals surface area contributed by atoms with E-state index in [1.54, 1.807) is 18.0 Å². The van der Waals surface area contributed by atoms with Crippen molar-refractivity contribution in [2.45, 2.75) is 35.9 Å². The fourth-order valence-electron chi connectivity index (χ4n) is 3.01. The third-order valence-corrected chi connectivity index (χ3v) is 6.35. The lowest BCUT2D eigenvalue weighted by Gasteiger charge is -2.10. The number of nitrogens with two attached hydrogens (primary N) is 2. The van der Waals surface area contributed by atoms with Crippen molar-refractivity contribution in [1.82, 2.24) is 14.5 Å². The van der Waals surface area contributed by atoms with Crippen LogP contribution in [-0.4, -0.2) is 27.9 Å². The van der Waals surface area contributed by atoms with Gasteiger partial charge in [0, 0.05) is 22.1 Å². The number of hydrogen-bond acceptors (Lipinski definition) is 7. The number of nitrogens with zero attached hydrogens (tertiary/aromatic N) is 3. The molecule has 0 radical (unpaired) electrons. The highest BCUT2D eigenvalue weighted by atomic mass is 79.9. The number of anilines is 1. The van der Waals surface area contributed by atoms with Crippen molar-refractivity contribution in [2.24, 2.45) is 5.73 Å². The molecule has 27 heavy (non-hydrogen) atoms. The highest BCUT2D eigenvalue weighted by molar-refractivity contribution is 9.10. The Morgan fingerprint density at radius 3 is 2.81 bits per heavy atom. The average Bonchev–Trinajstić information content (AvgIpc) is 3.24. The molecule has 9 heteroatoms. The zero-order valence-corrected chi connectivity index (χ0v) is 17.1. The maximum Gasteiger partial charge on any atom is 0.231 e. The Balaban J connectivity index is 1.69. The van der Waals surface area contributed by atoms with Crippen molar-refractivity contribution in [1.29, 1.82) is 0 Å². The lowest BCUT2D eigenvalue weighted by molar-refractivity contribution is 0.174. The van der Waals surface area contributed by atoms with Gasteiger partial charge in [0.25, 0.3) is 0 Å². The Morgan fingerprint density at radius 1 is 1.19 bits per heavy atom. The molecular weight excluding hydrogens is 430 g/mol. The van der Waals surface area contributed by atoms with Gasteiger partial charge in [0.05, 0.1) is 5.52 Å². The summed E-state index contributed by atoms with van der Waals surface area (Å²) in [4.78, 5) is 9.94. The van der Waals surface area contributed by atoms with E-state index >= 15 is 0 Å². The molecule has 3 heterocycles. The largest absolute Gasteiger partial charge is 0.454 e. The van der Waals surface area contributed by atoms with Crippen LogP contribution in [-0.2, 0) is 6.54 Å². The third kappa shape index (κ3) is 3.71. The van der Waals surface area contributed by atoms with Crippen molar-refractivity contribution < 1.29 is 9.47 Å². The summed E-state index contributed by atoms with van der Waals surface area (Å²) < 4.78 is 14.1. The van der Waals surface area contributed by atoms with Gasteiger partial charge in [-0.2, -0.15) is 0 Å². The Hall–Kier alpha value is -1.97. The minimum absolute atomic E-state index is 0.248. The molecule has 7 nitrogen and oxygen atoms in total. The van der Waals surface area contributed by atoms with Gasteiger partial charge in [-0.05, 0) is 53.5 Å². The topological polar surface area (TPSA) is 101 Å². The van der Waals surface area contributed by atoms with E-state index in [4.69, 9.17) is 25.9 Å². The number of hydrogen-bond donors (Lipinski definition) is 2. The predicted octanol–water partition coefficient (Wildman–Crippen LogP) is 3.78. The maximum atomic E-state index is 6.05. The molecule has 1 aliphatic rings. The van der Waals surface area contributed by atoms with Crippen LogP contribution < -0.4 is 20.9 Å². The number of pyridine rings is 1. The van der Waals surface area contributed by atoms with Crippen LogP contribution in [0.5, 0.6) is 11.5 Å². The second kappa shape index (κ2) is 7.95. The van der Waals surface area contributed by atoms with E-state index in [9.17, 15) is 0 Å². The summed E-state index contributed by atoms with van der Waals surface area (Å²) in [5.74, 6) is 1.93. The number of rotatable bonds is 7. The SMILES string of the molecule is NCCCCCn1c(Sc2cc3c(cc2Br)OCO3)nc2c(N)nccc21. The summed E-state index contributed by atoms with van der Waals surface area (Å²) >= 11 is 5.19. The summed E-state index contributed by atoms with van der Waals surface area (Å²) in [6.45, 7) is 1.81. The first-order valence-corrected chi connectivity index (χ1v) is 10.4. The molecule has 2 aromatic heterocycles. The number of benzene rings is 1. The Bertz CT molecular complexity index is 978. The first-order valence-electron chi connectivity index (χ1n) is 8.75. The lowest BCUT2D eigenvalue weighted by Crippen LogP contribution is -2.03. The molecular formula is C18H20BrN5O2S. The zero-order chi connectivity index (χ0) is 18.8. The van der Waals surface area contributed by atoms with Gasteiger partial charge in [-0.1, -0.05) is 18.2 Å². The number of aryl methyl sites for hydroxylation is 1. The average molecular weight is 450 g/mol. The van der Waals surface area contributed by atoms with Crippen LogP contribution in [0, 0.1) is 0 Å². The van der Waals surface area contributed by atoms with Crippen LogP contribution >= 0.6 is 27.7 Å². The van der Waals surface area contributed by atoms with E-state index in [0.29, 0.717) is 12.4 Å². The molecule has 0 atom stereocenters. The molecule has 0 spiro atoms. The summed E-state index contributed by atoms with van der Waals surface area (Å²) in [7, 11) is 0. The van der Waals surface area contributed by atoms with Crippen LogP contribution in [0.15, 0.2) is 38.9 Å². The summed E-state index contributed by atoms with van der Waals surface area (Å²) in [5.41, 5.74) is 13.4. The Labute approximate surface area is 169 Å². The quantitative estimate of drug-likeness (QED) is 0.528. The first kappa shape index (κ1) is 18.4. The number of ether oxygens (including phenoxy) is 2. The molecule has 0 saturated carbocycles. The first-order chi connectivity index (χ1) is 13.2. The molecule has 3 aromatic rings. The van der Waals surface area contributed by atoms with E-state index in [0.717, 1.165) is 62.9 Å². The highest BCUT2D eigenvalue weighted by Gasteiger charge is 2.20. The van der Waals surface area contributed by atoms with Crippen LogP contribution in [0.4, 0.5) is 5.82 Å². The smallest absolute Gasteiger partial charge is 0.231 e. The number of nitrogen functional groups attached to an aromatic ring is 1. The standard InChI is InChI=1S/C18H20BrN5O2S/c19-11-8-13-14(26-10-25-13)9-15(11)27-18-23-16-12(4-6-22-17(16)21)24(18)7-3-1-2-5-20/h4,6,8-9H,1-3,5,7,10,20H2,(H2,21,22). The van der Waals surface area contributed by atoms with Gasteiger partial charge < -0.3 is 25.5 Å². The second-order valence-electron chi connectivity index (χ2n) is 6.20. The van der Waals surface area contributed by atoms with E-state index in [2.05, 4.69) is 25.5 Å². The van der Waals surface area contributed by atoms with Gasteiger partial charge in [-0.3, -0.25) is 0 Å². The lowest BCUT2D eigenvalue weighted by atomic mass is 10.2. The van der Waals surface area contributed by atoms with Gasteiger partial charge in [0.15, 0.2) is 22.5 Å². The van der Waals surface area contributed by atoms with Crippen molar-refractivity contribution in [3.63, 3.8) is 0 Å². The minimum Gasteiger partial charge on any atom is -0.454 e. The molecule has 1 aliphatic heterocycles. The summed E-state index contributed by atoms with van der Waals surface area (Å²) in [6.07, 6.45) is 4.85. The number of unbranched alkanes of at least 4 members (excludes halogenated alkanes) is 2. The summed E-state index contributed by atoms with van der Waals surface area (Å²) in [5, 5.41) is 0.872. The molecule has 0 amide bonds. The van der Waals surface area contributed by atoms with Crippen molar-refractivity contribution in [2.75, 3.05) is 19.1 Å². The number of halogens is 1. The van der Waals surface area contributed by atoms with Crippen LogP contribution in [0.1, 0.15) is 19.3 Å². The van der Waals surface area contributed by atoms with E-state index < -0.39 is 0 Å². The molecule has 0 fully saturated rings. The predicted molar refractivity (Wildman–Crippen MR) is 109 cm³/mol. The molecule has 0 bridgehead atoms. The summed E-state index contributed by atoms with van der Waals surface area (Å²) in [6, 6.07) is 5.85. The van der Waals surface area contributed by atoms with Gasteiger partial charge in [0.1, 0.15) is 5.52 Å². The van der Waals surface area contributed by atoms with Crippen molar-refractivity contribution in [3.8, 4) is 11.5 Å². The van der Waals surface area contributed by atoms with Gasteiger partial charge in [0.2, 0.25) is 6.79 Å². The van der Waals surface area contributed by atoms with Crippen LogP contribution in [0.25, 0.3) is 11.0 Å². The molecule has 1 aromatic carbocycles. The Kier molecular flexibility index (Phi) is 5.42. The number of imidazole rings is 1. The minimum atomic E-state index is 0.248.